The maximum atomic E-state index is 12.5. The molecule has 0 aromatic heterocycles. The molecule has 0 amide bonds. The Bertz CT molecular complexity index is 1270. The second-order valence-corrected chi connectivity index (χ2v) is 8.97. The van der Waals surface area contributed by atoms with Crippen molar-refractivity contribution < 1.29 is 14.3 Å². The molecule has 0 radical (unpaired) electrons. The van der Waals surface area contributed by atoms with Gasteiger partial charge in [0.15, 0.2) is 0 Å². The van der Waals surface area contributed by atoms with Crippen molar-refractivity contribution in [3.05, 3.63) is 93.1 Å². The minimum absolute atomic E-state index is 0.418. The lowest BCUT2D eigenvalue weighted by atomic mass is 9.95. The molecule has 0 spiro atoms. The summed E-state index contributed by atoms with van der Waals surface area (Å²) in [6.45, 7) is 5.67. The number of esters is 1. The number of hydrogen-bond donors (Lipinski definition) is 2. The van der Waals surface area contributed by atoms with E-state index < -0.39 is 12.0 Å². The van der Waals surface area contributed by atoms with Gasteiger partial charge in [-0.1, -0.05) is 65.7 Å². The maximum Gasteiger partial charge on any atom is 0.338 e. The van der Waals surface area contributed by atoms with Gasteiger partial charge in [0, 0.05) is 40.0 Å². The Morgan fingerprint density at radius 3 is 2.40 bits per heavy atom. The standard InChI is InChI=1S/C23H18Cl2N2O2.C4H9NO/c1-13-20(23(28)29-2)21(18-10-9-17(24)12-19(18)25)27-22(26-13)16-8-7-14-5-3-4-6-15(14)11-16;1-3-6-4-2-5-1/h3-12,21H,1-2H3,(H,26,27);5H,1-4H2. The third-order valence-corrected chi connectivity index (χ3v) is 6.34. The third-order valence-electron chi connectivity index (χ3n) is 5.77. The molecule has 1 fully saturated rings. The molecule has 6 nitrogen and oxygen atoms in total. The summed E-state index contributed by atoms with van der Waals surface area (Å²) < 4.78 is 10.0. The highest BCUT2D eigenvalue weighted by molar-refractivity contribution is 6.35. The largest absolute Gasteiger partial charge is 0.466 e. The number of rotatable bonds is 3. The van der Waals surface area contributed by atoms with Crippen LogP contribution in [0.3, 0.4) is 0 Å². The summed E-state index contributed by atoms with van der Waals surface area (Å²) in [6.07, 6.45) is 0. The fourth-order valence-corrected chi connectivity index (χ4v) is 4.51. The van der Waals surface area contributed by atoms with E-state index >= 15 is 0 Å². The number of fused-ring (bicyclic) bond motifs is 1. The summed E-state index contributed by atoms with van der Waals surface area (Å²) in [5.74, 6) is 0.212. The van der Waals surface area contributed by atoms with E-state index in [1.807, 2.05) is 31.2 Å². The molecule has 5 rings (SSSR count). The summed E-state index contributed by atoms with van der Waals surface area (Å²) in [7, 11) is 1.35. The highest BCUT2D eigenvalue weighted by Crippen LogP contribution is 2.37. The third kappa shape index (κ3) is 6.03. The van der Waals surface area contributed by atoms with Gasteiger partial charge in [-0.05, 0) is 35.9 Å². The minimum atomic E-state index is -0.602. The van der Waals surface area contributed by atoms with Gasteiger partial charge in [0.1, 0.15) is 11.9 Å². The van der Waals surface area contributed by atoms with Crippen LogP contribution in [-0.4, -0.2) is 45.2 Å². The van der Waals surface area contributed by atoms with E-state index in [0.717, 1.165) is 42.6 Å². The molecule has 1 atom stereocenters. The van der Waals surface area contributed by atoms with Gasteiger partial charge >= 0.3 is 5.97 Å². The van der Waals surface area contributed by atoms with E-state index in [2.05, 4.69) is 28.8 Å². The second kappa shape index (κ2) is 11.7. The first-order valence-corrected chi connectivity index (χ1v) is 12.1. The van der Waals surface area contributed by atoms with Gasteiger partial charge < -0.3 is 20.1 Å². The molecule has 0 saturated carbocycles. The first-order valence-electron chi connectivity index (χ1n) is 11.3. The molecular weight excluding hydrogens is 485 g/mol. The van der Waals surface area contributed by atoms with Crippen LogP contribution in [0.15, 0.2) is 76.9 Å². The molecule has 8 heteroatoms. The molecule has 1 saturated heterocycles. The van der Waals surface area contributed by atoms with E-state index in [0.29, 0.717) is 32.7 Å². The fourth-order valence-electron chi connectivity index (χ4n) is 4.00. The zero-order chi connectivity index (χ0) is 24.8. The van der Waals surface area contributed by atoms with Gasteiger partial charge in [0.25, 0.3) is 0 Å². The number of benzene rings is 3. The first-order chi connectivity index (χ1) is 17.0. The van der Waals surface area contributed by atoms with Crippen molar-refractivity contribution >= 4 is 45.8 Å². The topological polar surface area (TPSA) is 72.0 Å². The first kappa shape index (κ1) is 25.2. The zero-order valence-corrected chi connectivity index (χ0v) is 21.1. The predicted octanol–water partition coefficient (Wildman–Crippen LogP) is 5.29. The smallest absolute Gasteiger partial charge is 0.338 e. The molecule has 0 bridgehead atoms. The number of carbonyl (C=O) groups is 1. The number of morpholine rings is 1. The summed E-state index contributed by atoms with van der Waals surface area (Å²) in [4.78, 5) is 17.3. The normalized spacial score (nSPS) is 17.7. The molecular formula is C27H27Cl2N3O3. The van der Waals surface area contributed by atoms with Crippen molar-refractivity contribution in [2.75, 3.05) is 33.4 Å². The maximum absolute atomic E-state index is 12.5. The number of nitrogens with zero attached hydrogens (tertiary/aromatic N) is 1. The zero-order valence-electron chi connectivity index (χ0n) is 19.6. The average Bonchev–Trinajstić information content (AvgIpc) is 2.89. The number of aliphatic imine (C=N–C) groups is 1. The van der Waals surface area contributed by atoms with E-state index in [1.54, 1.807) is 18.2 Å². The number of halogens is 2. The molecule has 2 aliphatic rings. The van der Waals surface area contributed by atoms with Gasteiger partial charge in [0.05, 0.1) is 25.9 Å². The van der Waals surface area contributed by atoms with Crippen molar-refractivity contribution in [2.24, 2.45) is 4.99 Å². The van der Waals surface area contributed by atoms with Gasteiger partial charge in [-0.25, -0.2) is 4.79 Å². The van der Waals surface area contributed by atoms with Crippen LogP contribution in [0.2, 0.25) is 10.0 Å². The van der Waals surface area contributed by atoms with Gasteiger partial charge in [0.2, 0.25) is 0 Å². The summed E-state index contributed by atoms with van der Waals surface area (Å²) in [5, 5.41) is 9.63. The van der Waals surface area contributed by atoms with Crippen molar-refractivity contribution in [2.45, 2.75) is 13.0 Å². The molecule has 3 aromatic carbocycles. The Kier molecular flexibility index (Phi) is 8.42. The lowest BCUT2D eigenvalue weighted by Crippen LogP contribution is -2.32. The molecule has 35 heavy (non-hydrogen) atoms. The predicted molar refractivity (Wildman–Crippen MR) is 141 cm³/mol. The Labute approximate surface area is 214 Å². The molecule has 0 aliphatic carbocycles. The highest BCUT2D eigenvalue weighted by Gasteiger charge is 2.31. The molecule has 3 aromatic rings. The Balaban J connectivity index is 0.000000421. The monoisotopic (exact) mass is 511 g/mol. The number of hydrogen-bond acceptors (Lipinski definition) is 6. The quantitative estimate of drug-likeness (QED) is 0.467. The van der Waals surface area contributed by atoms with E-state index in [9.17, 15) is 4.79 Å². The Morgan fingerprint density at radius 1 is 1.03 bits per heavy atom. The molecule has 1 unspecified atom stereocenters. The summed E-state index contributed by atoms with van der Waals surface area (Å²) in [5.41, 5.74) is 2.70. The fraction of sp³-hybridized carbons (Fsp3) is 0.259. The summed E-state index contributed by atoms with van der Waals surface area (Å²) >= 11 is 12.5. The van der Waals surface area contributed by atoms with Gasteiger partial charge in [-0.3, -0.25) is 4.99 Å². The lowest BCUT2D eigenvalue weighted by molar-refractivity contribution is -0.136. The number of methoxy groups -OCH3 is 1. The number of carbonyl (C=O) groups excluding carboxylic acids is 1. The Morgan fingerprint density at radius 2 is 1.77 bits per heavy atom. The van der Waals surface area contributed by atoms with Crippen molar-refractivity contribution in [1.29, 1.82) is 0 Å². The van der Waals surface area contributed by atoms with Crippen LogP contribution in [0.5, 0.6) is 0 Å². The lowest BCUT2D eigenvalue weighted by Gasteiger charge is -2.26. The average molecular weight is 512 g/mol. The van der Waals surface area contributed by atoms with E-state index in [1.165, 1.54) is 7.11 Å². The number of amidine groups is 1. The van der Waals surface area contributed by atoms with Crippen LogP contribution >= 0.6 is 23.2 Å². The number of allylic oxidation sites excluding steroid dienone is 1. The van der Waals surface area contributed by atoms with Crippen molar-refractivity contribution in [3.8, 4) is 0 Å². The molecule has 2 aliphatic heterocycles. The summed E-state index contributed by atoms with van der Waals surface area (Å²) in [6, 6.07) is 18.8. The van der Waals surface area contributed by atoms with Crippen LogP contribution in [0, 0.1) is 0 Å². The van der Waals surface area contributed by atoms with Crippen LogP contribution < -0.4 is 10.6 Å². The number of nitrogens with one attached hydrogen (secondary N) is 2. The highest BCUT2D eigenvalue weighted by atomic mass is 35.5. The van der Waals surface area contributed by atoms with Crippen LogP contribution in [0.1, 0.15) is 24.1 Å². The van der Waals surface area contributed by atoms with Crippen molar-refractivity contribution in [1.82, 2.24) is 10.6 Å². The molecule has 2 N–H and O–H groups in total. The van der Waals surface area contributed by atoms with Crippen LogP contribution in [-0.2, 0) is 14.3 Å². The minimum Gasteiger partial charge on any atom is -0.466 e. The van der Waals surface area contributed by atoms with E-state index in [4.69, 9.17) is 37.7 Å². The Hall–Kier alpha value is -2.90. The van der Waals surface area contributed by atoms with E-state index in [-0.39, 0.29) is 0 Å². The van der Waals surface area contributed by atoms with Crippen molar-refractivity contribution in [3.63, 3.8) is 0 Å². The number of ether oxygens (including phenoxy) is 2. The second-order valence-electron chi connectivity index (χ2n) is 8.13. The van der Waals surface area contributed by atoms with Crippen LogP contribution in [0.25, 0.3) is 10.8 Å². The van der Waals surface area contributed by atoms with Gasteiger partial charge in [-0.15, -0.1) is 0 Å². The van der Waals surface area contributed by atoms with Gasteiger partial charge in [-0.2, -0.15) is 0 Å². The SMILES string of the molecule is C1COCCN1.COC(=O)C1=C(C)NC(c2ccc3ccccc3c2)=NC1c1ccc(Cl)cc1Cl. The molecule has 2 heterocycles. The molecule has 182 valence electrons. The van der Waals surface area contributed by atoms with Crippen LogP contribution in [0.4, 0.5) is 0 Å².